The van der Waals surface area contributed by atoms with E-state index < -0.39 is 9.84 Å². The van der Waals surface area contributed by atoms with Crippen LogP contribution in [0.4, 0.5) is 5.82 Å². The van der Waals surface area contributed by atoms with Gasteiger partial charge in [-0.05, 0) is 31.0 Å². The first-order valence-electron chi connectivity index (χ1n) is 8.47. The van der Waals surface area contributed by atoms with Crippen molar-refractivity contribution in [3.05, 3.63) is 46.6 Å². The molecule has 7 nitrogen and oxygen atoms in total. The Kier molecular flexibility index (Phi) is 3.84. The Labute approximate surface area is 151 Å². The van der Waals surface area contributed by atoms with Crippen molar-refractivity contribution in [1.82, 2.24) is 9.78 Å². The molecule has 1 fully saturated rings. The summed E-state index contributed by atoms with van der Waals surface area (Å²) in [5, 5.41) is 16.4. The van der Waals surface area contributed by atoms with E-state index in [0.29, 0.717) is 24.2 Å². The molecule has 1 N–H and O–H groups in total. The minimum atomic E-state index is -3.05. The van der Waals surface area contributed by atoms with Crippen LogP contribution < -0.4 is 5.32 Å². The number of benzene rings is 1. The zero-order chi connectivity index (χ0) is 18.5. The van der Waals surface area contributed by atoms with Crippen LogP contribution in [-0.2, 0) is 14.6 Å². The zero-order valence-corrected chi connectivity index (χ0v) is 15.1. The summed E-state index contributed by atoms with van der Waals surface area (Å²) in [7, 11) is -3.05. The molecule has 2 atom stereocenters. The minimum Gasteiger partial charge on any atom is -0.311 e. The number of carbonyl (C=O) groups excluding carboxylic acids is 1. The lowest BCUT2D eigenvalue weighted by atomic mass is 9.85. The molecule has 0 bridgehead atoms. The Hall–Kier alpha value is -2.66. The summed E-state index contributed by atoms with van der Waals surface area (Å²) >= 11 is 0. The van der Waals surface area contributed by atoms with Crippen molar-refractivity contribution in [3.63, 3.8) is 0 Å². The number of fused-ring (bicyclic) bond motifs is 1. The van der Waals surface area contributed by atoms with Crippen molar-refractivity contribution in [3.8, 4) is 6.07 Å². The number of carbonyl (C=O) groups is 1. The van der Waals surface area contributed by atoms with Crippen LogP contribution in [0, 0.1) is 18.3 Å². The number of nitrogens with zero attached hydrogens (tertiary/aromatic N) is 3. The number of nitrogens with one attached hydrogen (secondary N) is 1. The second kappa shape index (κ2) is 5.95. The summed E-state index contributed by atoms with van der Waals surface area (Å²) in [6, 6.07) is 9.05. The Morgan fingerprint density at radius 2 is 2.04 bits per heavy atom. The fraction of sp³-hybridized carbons (Fsp3) is 0.389. The SMILES string of the molecule is Cc1nn([C@H]2CCS(=O)(=O)C2)c2c1[C@@H](c1ccc(C#N)cc1)CC(=O)N2. The summed E-state index contributed by atoms with van der Waals surface area (Å²) in [5.74, 6) is 0.540. The third-order valence-corrected chi connectivity index (χ3v) is 6.87. The number of hydrogen-bond acceptors (Lipinski definition) is 5. The molecule has 0 unspecified atom stereocenters. The van der Waals surface area contributed by atoms with Gasteiger partial charge in [-0.15, -0.1) is 0 Å². The highest BCUT2D eigenvalue weighted by Crippen LogP contribution is 2.41. The predicted molar refractivity (Wildman–Crippen MR) is 95.5 cm³/mol. The van der Waals surface area contributed by atoms with Crippen LogP contribution in [0.5, 0.6) is 0 Å². The second-order valence-corrected chi connectivity index (χ2v) is 9.12. The van der Waals surface area contributed by atoms with Gasteiger partial charge in [0.1, 0.15) is 5.82 Å². The number of hydrogen-bond donors (Lipinski definition) is 1. The van der Waals surface area contributed by atoms with E-state index in [1.807, 2.05) is 19.1 Å². The van der Waals surface area contributed by atoms with Crippen LogP contribution in [0.25, 0.3) is 0 Å². The van der Waals surface area contributed by atoms with E-state index in [4.69, 9.17) is 5.26 Å². The highest BCUT2D eigenvalue weighted by Gasteiger charge is 2.37. The van der Waals surface area contributed by atoms with Gasteiger partial charge >= 0.3 is 0 Å². The van der Waals surface area contributed by atoms with Crippen LogP contribution in [0.2, 0.25) is 0 Å². The number of aromatic nitrogens is 2. The number of nitriles is 1. The summed E-state index contributed by atoms with van der Waals surface area (Å²) < 4.78 is 25.4. The maximum atomic E-state index is 12.3. The number of amides is 1. The summed E-state index contributed by atoms with van der Waals surface area (Å²) in [4.78, 5) is 12.3. The molecule has 2 aliphatic heterocycles. The lowest BCUT2D eigenvalue weighted by Crippen LogP contribution is -2.26. The quantitative estimate of drug-likeness (QED) is 0.869. The number of rotatable bonds is 2. The van der Waals surface area contributed by atoms with Crippen LogP contribution in [0.15, 0.2) is 24.3 Å². The van der Waals surface area contributed by atoms with Crippen molar-refractivity contribution >= 4 is 21.6 Å². The molecule has 4 rings (SSSR count). The minimum absolute atomic E-state index is 0.0535. The van der Waals surface area contributed by atoms with Gasteiger partial charge in [0, 0.05) is 17.9 Å². The molecule has 2 aliphatic rings. The standard InChI is InChI=1S/C18H18N4O3S/c1-11-17-15(13-4-2-12(9-19)3-5-13)8-16(23)20-18(17)22(21-11)14-6-7-26(24,25)10-14/h2-5,14-15H,6-8,10H2,1H3,(H,20,23)/t14-,15+/m0/s1. The Balaban J connectivity index is 1.78. The van der Waals surface area contributed by atoms with Crippen LogP contribution in [0.1, 0.15) is 47.2 Å². The summed E-state index contributed by atoms with van der Waals surface area (Å²) in [5.41, 5.74) is 3.23. The average molecular weight is 370 g/mol. The van der Waals surface area contributed by atoms with E-state index in [9.17, 15) is 13.2 Å². The van der Waals surface area contributed by atoms with E-state index in [1.165, 1.54) is 0 Å². The highest BCUT2D eigenvalue weighted by molar-refractivity contribution is 7.91. The molecule has 0 aliphatic carbocycles. The fourth-order valence-corrected chi connectivity index (χ4v) is 5.57. The molecule has 3 heterocycles. The molecular weight excluding hydrogens is 352 g/mol. The first-order chi connectivity index (χ1) is 12.4. The van der Waals surface area contributed by atoms with Crippen LogP contribution in [0.3, 0.4) is 0 Å². The van der Waals surface area contributed by atoms with E-state index in [0.717, 1.165) is 16.8 Å². The molecule has 0 saturated carbocycles. The number of sulfone groups is 1. The monoisotopic (exact) mass is 370 g/mol. The van der Waals surface area contributed by atoms with Gasteiger partial charge in [-0.25, -0.2) is 13.1 Å². The van der Waals surface area contributed by atoms with Gasteiger partial charge in [0.25, 0.3) is 0 Å². The zero-order valence-electron chi connectivity index (χ0n) is 14.3. The molecule has 0 radical (unpaired) electrons. The summed E-state index contributed by atoms with van der Waals surface area (Å²) in [6.07, 6.45) is 0.807. The molecule has 1 amide bonds. The first-order valence-corrected chi connectivity index (χ1v) is 10.3. The lowest BCUT2D eigenvalue weighted by Gasteiger charge is -2.25. The maximum Gasteiger partial charge on any atom is 0.226 e. The largest absolute Gasteiger partial charge is 0.311 e. The van der Waals surface area contributed by atoms with E-state index >= 15 is 0 Å². The fourth-order valence-electron chi connectivity index (χ4n) is 3.88. The molecule has 1 saturated heterocycles. The van der Waals surface area contributed by atoms with Crippen LogP contribution in [-0.4, -0.2) is 35.6 Å². The van der Waals surface area contributed by atoms with Crippen molar-refractivity contribution in [2.45, 2.75) is 31.7 Å². The highest BCUT2D eigenvalue weighted by atomic mass is 32.2. The molecule has 0 spiro atoms. The third kappa shape index (κ3) is 2.78. The molecular formula is C18H18N4O3S. The van der Waals surface area contributed by atoms with Gasteiger partial charge in [0.15, 0.2) is 9.84 Å². The first kappa shape index (κ1) is 16.8. The average Bonchev–Trinajstić information content (AvgIpc) is 3.13. The smallest absolute Gasteiger partial charge is 0.226 e. The molecule has 26 heavy (non-hydrogen) atoms. The van der Waals surface area contributed by atoms with Crippen molar-refractivity contribution in [1.29, 1.82) is 5.26 Å². The maximum absolute atomic E-state index is 12.3. The van der Waals surface area contributed by atoms with E-state index in [1.54, 1.807) is 16.8 Å². The van der Waals surface area contributed by atoms with Crippen LogP contribution >= 0.6 is 0 Å². The van der Waals surface area contributed by atoms with Crippen molar-refractivity contribution in [2.75, 3.05) is 16.8 Å². The second-order valence-electron chi connectivity index (χ2n) is 6.89. The molecule has 8 heteroatoms. The van der Waals surface area contributed by atoms with Gasteiger partial charge in [-0.1, -0.05) is 12.1 Å². The number of aryl methyl sites for hydroxylation is 1. The van der Waals surface area contributed by atoms with E-state index in [2.05, 4.69) is 16.5 Å². The van der Waals surface area contributed by atoms with Gasteiger partial charge in [-0.3, -0.25) is 4.79 Å². The predicted octanol–water partition coefficient (Wildman–Crippen LogP) is 1.90. The Morgan fingerprint density at radius 3 is 2.65 bits per heavy atom. The topological polar surface area (TPSA) is 105 Å². The van der Waals surface area contributed by atoms with Gasteiger partial charge in [0.2, 0.25) is 5.91 Å². The third-order valence-electron chi connectivity index (χ3n) is 5.12. The van der Waals surface area contributed by atoms with Crippen molar-refractivity contribution < 1.29 is 13.2 Å². The molecule has 2 aromatic rings. The van der Waals surface area contributed by atoms with Gasteiger partial charge in [0.05, 0.1) is 34.9 Å². The lowest BCUT2D eigenvalue weighted by molar-refractivity contribution is -0.116. The van der Waals surface area contributed by atoms with E-state index in [-0.39, 0.29) is 29.4 Å². The van der Waals surface area contributed by atoms with Gasteiger partial charge < -0.3 is 5.32 Å². The van der Waals surface area contributed by atoms with Gasteiger partial charge in [-0.2, -0.15) is 10.4 Å². The normalized spacial score (nSPS) is 23.9. The Bertz CT molecular complexity index is 1030. The van der Waals surface area contributed by atoms with Crippen molar-refractivity contribution in [2.24, 2.45) is 0 Å². The number of anilines is 1. The summed E-state index contributed by atoms with van der Waals surface area (Å²) in [6.45, 7) is 1.88. The molecule has 134 valence electrons. The molecule has 1 aromatic carbocycles. The molecule has 1 aromatic heterocycles. The Morgan fingerprint density at radius 1 is 1.31 bits per heavy atom.